The van der Waals surface area contributed by atoms with Gasteiger partial charge in [0.1, 0.15) is 0 Å². The molecule has 0 heterocycles. The summed E-state index contributed by atoms with van der Waals surface area (Å²) in [6.07, 6.45) is 2.15. The van der Waals surface area contributed by atoms with Crippen molar-refractivity contribution in [2.45, 2.75) is 0 Å². The molecule has 1 N–H and O–H groups in total. The molecular weight excluding hydrogens is 286 g/mol. The molecule has 23 heavy (non-hydrogen) atoms. The van der Waals surface area contributed by atoms with E-state index in [2.05, 4.69) is 5.32 Å². The van der Waals surface area contributed by atoms with Crippen molar-refractivity contribution in [3.8, 4) is 0 Å². The molecule has 0 aromatic heterocycles. The predicted octanol–water partition coefficient (Wildman–Crippen LogP) is 4.06. The highest BCUT2D eigenvalue weighted by Crippen LogP contribution is 2.23. The average Bonchev–Trinajstić information content (AvgIpc) is 2.61. The number of aldehydes is 1. The van der Waals surface area contributed by atoms with Gasteiger partial charge >= 0.3 is 0 Å². The van der Waals surface area contributed by atoms with Gasteiger partial charge in [-0.05, 0) is 23.1 Å². The number of carbonyl (C=O) groups excluding carboxylic acids is 2. The van der Waals surface area contributed by atoms with Crippen molar-refractivity contribution < 1.29 is 9.59 Å². The van der Waals surface area contributed by atoms with E-state index in [0.717, 1.165) is 16.3 Å². The molecule has 0 aliphatic carbocycles. The summed E-state index contributed by atoms with van der Waals surface area (Å²) in [7, 11) is 0. The maximum atomic E-state index is 12.4. The zero-order chi connectivity index (χ0) is 16.1. The molecule has 0 fully saturated rings. The van der Waals surface area contributed by atoms with Crippen LogP contribution in [-0.2, 0) is 9.59 Å². The van der Waals surface area contributed by atoms with E-state index < -0.39 is 5.91 Å². The van der Waals surface area contributed by atoms with Gasteiger partial charge in [0.25, 0.3) is 5.91 Å². The highest BCUT2D eigenvalue weighted by atomic mass is 16.2. The molecule has 3 aromatic carbocycles. The van der Waals surface area contributed by atoms with E-state index in [1.54, 1.807) is 6.08 Å². The first-order valence-electron chi connectivity index (χ1n) is 7.29. The molecule has 0 aliphatic heterocycles. The van der Waals surface area contributed by atoms with Crippen molar-refractivity contribution in [2.75, 3.05) is 5.32 Å². The van der Waals surface area contributed by atoms with Gasteiger partial charge in [-0.25, -0.2) is 0 Å². The molecule has 0 unspecified atom stereocenters. The van der Waals surface area contributed by atoms with Gasteiger partial charge in [-0.1, -0.05) is 66.7 Å². The van der Waals surface area contributed by atoms with E-state index in [1.165, 1.54) is 0 Å². The summed E-state index contributed by atoms with van der Waals surface area (Å²) >= 11 is 0. The van der Waals surface area contributed by atoms with Crippen LogP contribution in [0.15, 0.2) is 78.4 Å². The zero-order valence-electron chi connectivity index (χ0n) is 12.4. The van der Waals surface area contributed by atoms with E-state index in [9.17, 15) is 9.59 Å². The SMILES string of the molecule is O=CC(=Cc1ccccc1)C(=O)Nc1cccc2ccccc12. The third-order valence-corrected chi connectivity index (χ3v) is 3.55. The van der Waals surface area contributed by atoms with E-state index in [0.29, 0.717) is 12.0 Å². The van der Waals surface area contributed by atoms with Crippen LogP contribution in [0.1, 0.15) is 5.56 Å². The van der Waals surface area contributed by atoms with Crippen molar-refractivity contribution >= 4 is 34.7 Å². The Kier molecular flexibility index (Phi) is 4.29. The summed E-state index contributed by atoms with van der Waals surface area (Å²) in [5.74, 6) is -0.416. The van der Waals surface area contributed by atoms with E-state index in [1.807, 2.05) is 72.8 Å². The van der Waals surface area contributed by atoms with Crippen LogP contribution >= 0.6 is 0 Å². The fourth-order valence-electron chi connectivity index (χ4n) is 2.41. The lowest BCUT2D eigenvalue weighted by Gasteiger charge is -2.08. The molecule has 3 nitrogen and oxygen atoms in total. The molecule has 0 spiro atoms. The second-order valence-corrected chi connectivity index (χ2v) is 5.11. The highest BCUT2D eigenvalue weighted by molar-refractivity contribution is 6.21. The lowest BCUT2D eigenvalue weighted by molar-refractivity contribution is -0.115. The summed E-state index contributed by atoms with van der Waals surface area (Å²) in [6, 6.07) is 22.7. The Hall–Kier alpha value is -3.20. The van der Waals surface area contributed by atoms with Gasteiger partial charge < -0.3 is 5.32 Å². The molecule has 112 valence electrons. The minimum atomic E-state index is -0.416. The molecule has 0 bridgehead atoms. The van der Waals surface area contributed by atoms with Gasteiger partial charge in [-0.15, -0.1) is 0 Å². The fourth-order valence-corrected chi connectivity index (χ4v) is 2.41. The topological polar surface area (TPSA) is 46.2 Å². The van der Waals surface area contributed by atoms with E-state index >= 15 is 0 Å². The summed E-state index contributed by atoms with van der Waals surface area (Å²) in [4.78, 5) is 23.7. The Labute approximate surface area is 134 Å². The lowest BCUT2D eigenvalue weighted by Crippen LogP contribution is -2.15. The van der Waals surface area contributed by atoms with Gasteiger partial charge in [0.2, 0.25) is 0 Å². The minimum Gasteiger partial charge on any atom is -0.321 e. The van der Waals surface area contributed by atoms with Crippen molar-refractivity contribution in [3.05, 3.63) is 83.9 Å². The van der Waals surface area contributed by atoms with Gasteiger partial charge in [0.05, 0.1) is 5.57 Å². The maximum absolute atomic E-state index is 12.4. The second-order valence-electron chi connectivity index (χ2n) is 5.11. The monoisotopic (exact) mass is 301 g/mol. The third kappa shape index (κ3) is 3.35. The normalized spacial score (nSPS) is 11.2. The van der Waals surface area contributed by atoms with Gasteiger partial charge in [0, 0.05) is 11.1 Å². The molecule has 0 saturated heterocycles. The van der Waals surface area contributed by atoms with Crippen molar-refractivity contribution in [2.24, 2.45) is 0 Å². The molecular formula is C20H15NO2. The molecule has 3 aromatic rings. The number of fused-ring (bicyclic) bond motifs is 1. The first kappa shape index (κ1) is 14.7. The van der Waals surface area contributed by atoms with Crippen LogP contribution in [-0.4, -0.2) is 12.2 Å². The predicted molar refractivity (Wildman–Crippen MR) is 93.1 cm³/mol. The number of hydrogen-bond acceptors (Lipinski definition) is 2. The number of hydrogen-bond donors (Lipinski definition) is 1. The smallest absolute Gasteiger partial charge is 0.259 e. The van der Waals surface area contributed by atoms with Crippen LogP contribution in [0.5, 0.6) is 0 Å². The largest absolute Gasteiger partial charge is 0.321 e. The van der Waals surface area contributed by atoms with Gasteiger partial charge in [-0.2, -0.15) is 0 Å². The number of nitrogens with one attached hydrogen (secondary N) is 1. The van der Waals surface area contributed by atoms with Crippen molar-refractivity contribution in [1.29, 1.82) is 0 Å². The molecule has 0 atom stereocenters. The number of benzene rings is 3. The molecule has 3 rings (SSSR count). The Morgan fingerprint density at radius 1 is 0.826 bits per heavy atom. The quantitative estimate of drug-likeness (QED) is 0.342. The van der Waals surface area contributed by atoms with Crippen molar-refractivity contribution in [3.63, 3.8) is 0 Å². The molecule has 1 amide bonds. The van der Waals surface area contributed by atoms with E-state index in [-0.39, 0.29) is 5.57 Å². The van der Waals surface area contributed by atoms with Gasteiger partial charge in [-0.3, -0.25) is 9.59 Å². The number of anilines is 1. The number of rotatable bonds is 4. The van der Waals surface area contributed by atoms with Crippen LogP contribution in [0.3, 0.4) is 0 Å². The summed E-state index contributed by atoms with van der Waals surface area (Å²) in [6.45, 7) is 0. The van der Waals surface area contributed by atoms with Crippen LogP contribution < -0.4 is 5.32 Å². The Balaban J connectivity index is 1.90. The highest BCUT2D eigenvalue weighted by Gasteiger charge is 2.10. The average molecular weight is 301 g/mol. The number of amides is 1. The minimum absolute atomic E-state index is 0.0872. The van der Waals surface area contributed by atoms with Crippen LogP contribution in [0, 0.1) is 0 Å². The summed E-state index contributed by atoms with van der Waals surface area (Å²) in [5, 5.41) is 4.79. The summed E-state index contributed by atoms with van der Waals surface area (Å²) in [5.41, 5.74) is 1.58. The first-order valence-corrected chi connectivity index (χ1v) is 7.29. The van der Waals surface area contributed by atoms with Crippen LogP contribution in [0.2, 0.25) is 0 Å². The fraction of sp³-hybridized carbons (Fsp3) is 0. The Morgan fingerprint density at radius 2 is 1.52 bits per heavy atom. The zero-order valence-corrected chi connectivity index (χ0v) is 12.4. The van der Waals surface area contributed by atoms with Crippen LogP contribution in [0.4, 0.5) is 5.69 Å². The molecule has 3 heteroatoms. The standard InChI is InChI=1S/C20H15NO2/c22-14-17(13-15-7-2-1-3-8-15)20(23)21-19-12-6-10-16-9-4-5-11-18(16)19/h1-14H,(H,21,23). The lowest BCUT2D eigenvalue weighted by atomic mass is 10.1. The first-order chi connectivity index (χ1) is 11.3. The summed E-state index contributed by atoms with van der Waals surface area (Å²) < 4.78 is 0. The third-order valence-electron chi connectivity index (χ3n) is 3.55. The van der Waals surface area contributed by atoms with Crippen molar-refractivity contribution in [1.82, 2.24) is 0 Å². The molecule has 0 saturated carbocycles. The van der Waals surface area contributed by atoms with E-state index in [4.69, 9.17) is 0 Å². The second kappa shape index (κ2) is 6.71. The number of carbonyl (C=O) groups is 2. The van der Waals surface area contributed by atoms with Crippen LogP contribution in [0.25, 0.3) is 16.8 Å². The molecule has 0 aliphatic rings. The molecule has 0 radical (unpaired) electrons. The maximum Gasteiger partial charge on any atom is 0.259 e. The Bertz CT molecular complexity index is 877. The van der Waals surface area contributed by atoms with Gasteiger partial charge in [0.15, 0.2) is 6.29 Å². The Morgan fingerprint density at radius 3 is 2.30 bits per heavy atom.